The summed E-state index contributed by atoms with van der Waals surface area (Å²) in [6.45, 7) is 0.727. The molecule has 2 unspecified atom stereocenters. The number of methoxy groups -OCH3 is 1. The van der Waals surface area contributed by atoms with Gasteiger partial charge in [-0.15, -0.1) is 0 Å². The number of hydrogen-bond acceptors (Lipinski definition) is 4. The number of hydrogen-bond donors (Lipinski definition) is 1. The van der Waals surface area contributed by atoms with Gasteiger partial charge in [-0.1, -0.05) is 6.42 Å². The zero-order valence-corrected chi connectivity index (χ0v) is 10.6. The number of esters is 1. The molecule has 0 aromatic heterocycles. The molecule has 4 nitrogen and oxygen atoms in total. The average molecular weight is 241 g/mol. The number of nitrogens with two attached hydrogens (primary N) is 1. The fourth-order valence-electron chi connectivity index (χ4n) is 2.88. The maximum absolute atomic E-state index is 11.7. The fourth-order valence-corrected chi connectivity index (χ4v) is 2.88. The Hall–Kier alpha value is -0.610. The van der Waals surface area contributed by atoms with Crippen LogP contribution < -0.4 is 5.73 Å². The molecule has 0 heterocycles. The lowest BCUT2D eigenvalue weighted by molar-refractivity contribution is -0.148. The Balaban J connectivity index is 1.79. The maximum Gasteiger partial charge on any atom is 0.326 e. The zero-order valence-electron chi connectivity index (χ0n) is 10.6. The lowest BCUT2D eigenvalue weighted by atomic mass is 9.86. The van der Waals surface area contributed by atoms with E-state index in [1.165, 1.54) is 26.4 Å². The molecule has 0 saturated heterocycles. The first-order chi connectivity index (χ1) is 8.16. The largest absolute Gasteiger partial charge is 0.468 e. The molecule has 0 amide bonds. The van der Waals surface area contributed by atoms with Gasteiger partial charge in [0.1, 0.15) is 5.54 Å². The van der Waals surface area contributed by atoms with Crippen LogP contribution in [0.2, 0.25) is 0 Å². The molecular formula is C13H23NO3. The molecule has 0 aliphatic heterocycles. The molecule has 0 aromatic rings. The van der Waals surface area contributed by atoms with E-state index in [9.17, 15) is 4.79 Å². The predicted octanol–water partition coefficient (Wildman–Crippen LogP) is 1.62. The van der Waals surface area contributed by atoms with E-state index in [1.54, 1.807) is 0 Å². The molecule has 0 spiro atoms. The second-order valence-electron chi connectivity index (χ2n) is 5.33. The van der Waals surface area contributed by atoms with Crippen LogP contribution in [0, 0.1) is 5.92 Å². The minimum atomic E-state index is -0.766. The Morgan fingerprint density at radius 2 is 2.12 bits per heavy atom. The average Bonchev–Trinajstić information content (AvgIpc) is 2.64. The molecule has 2 fully saturated rings. The van der Waals surface area contributed by atoms with Gasteiger partial charge in [-0.25, -0.2) is 0 Å². The van der Waals surface area contributed by atoms with Crippen molar-refractivity contribution < 1.29 is 14.3 Å². The van der Waals surface area contributed by atoms with Gasteiger partial charge in [-0.2, -0.15) is 0 Å². The second kappa shape index (κ2) is 5.36. The van der Waals surface area contributed by atoms with Gasteiger partial charge in [0.25, 0.3) is 0 Å². The van der Waals surface area contributed by atoms with Crippen LogP contribution in [0.1, 0.15) is 44.9 Å². The Morgan fingerprint density at radius 1 is 1.35 bits per heavy atom. The Labute approximate surface area is 103 Å². The third-order valence-corrected chi connectivity index (χ3v) is 4.31. The molecule has 4 heteroatoms. The van der Waals surface area contributed by atoms with Gasteiger partial charge in [0, 0.05) is 6.61 Å². The summed E-state index contributed by atoms with van der Waals surface area (Å²) in [5.41, 5.74) is 5.42. The summed E-state index contributed by atoms with van der Waals surface area (Å²) in [7, 11) is 1.41. The third-order valence-electron chi connectivity index (χ3n) is 4.31. The van der Waals surface area contributed by atoms with Crippen LogP contribution in [-0.2, 0) is 14.3 Å². The highest BCUT2D eigenvalue weighted by molar-refractivity contribution is 5.81. The van der Waals surface area contributed by atoms with E-state index in [0.717, 1.165) is 32.3 Å². The van der Waals surface area contributed by atoms with Gasteiger partial charge >= 0.3 is 5.97 Å². The van der Waals surface area contributed by atoms with E-state index in [4.69, 9.17) is 15.2 Å². The highest BCUT2D eigenvalue weighted by Crippen LogP contribution is 2.37. The minimum absolute atomic E-state index is 0.218. The molecule has 0 radical (unpaired) electrons. The van der Waals surface area contributed by atoms with Crippen LogP contribution in [0.3, 0.4) is 0 Å². The first-order valence-corrected chi connectivity index (χ1v) is 6.65. The standard InChI is InChI=1S/C13H23NO3/c1-16-12(15)13(14)8-3-4-10(13)7-9-17-11-5-2-6-11/h10-11H,2-9,14H2,1H3. The van der Waals surface area contributed by atoms with Gasteiger partial charge in [0.15, 0.2) is 0 Å². The summed E-state index contributed by atoms with van der Waals surface area (Å²) < 4.78 is 10.6. The third kappa shape index (κ3) is 2.63. The van der Waals surface area contributed by atoms with E-state index >= 15 is 0 Å². The van der Waals surface area contributed by atoms with Crippen molar-refractivity contribution in [1.29, 1.82) is 0 Å². The molecule has 2 N–H and O–H groups in total. The van der Waals surface area contributed by atoms with Crippen LogP contribution in [0.15, 0.2) is 0 Å². The summed E-state index contributed by atoms with van der Waals surface area (Å²) in [5, 5.41) is 0. The molecule has 2 aliphatic carbocycles. The second-order valence-corrected chi connectivity index (χ2v) is 5.33. The Bertz CT molecular complexity index is 278. The first kappa shape index (κ1) is 12.8. The zero-order chi connectivity index (χ0) is 12.3. The molecular weight excluding hydrogens is 218 g/mol. The maximum atomic E-state index is 11.7. The normalized spacial score (nSPS) is 33.4. The summed E-state index contributed by atoms with van der Waals surface area (Å²) >= 11 is 0. The highest BCUT2D eigenvalue weighted by Gasteiger charge is 2.46. The van der Waals surface area contributed by atoms with Crippen molar-refractivity contribution in [3.63, 3.8) is 0 Å². The fraction of sp³-hybridized carbons (Fsp3) is 0.923. The molecule has 2 rings (SSSR count). The smallest absolute Gasteiger partial charge is 0.326 e. The van der Waals surface area contributed by atoms with Crippen LogP contribution >= 0.6 is 0 Å². The molecule has 0 aromatic carbocycles. The van der Waals surface area contributed by atoms with Crippen molar-refractivity contribution in [2.75, 3.05) is 13.7 Å². The summed E-state index contributed by atoms with van der Waals surface area (Å²) in [5.74, 6) is -0.0429. The van der Waals surface area contributed by atoms with E-state index in [1.807, 2.05) is 0 Å². The number of ether oxygens (including phenoxy) is 2. The van der Waals surface area contributed by atoms with Crippen molar-refractivity contribution in [1.82, 2.24) is 0 Å². The van der Waals surface area contributed by atoms with Gasteiger partial charge < -0.3 is 15.2 Å². The van der Waals surface area contributed by atoms with Crippen molar-refractivity contribution in [2.24, 2.45) is 11.7 Å². The lowest BCUT2D eigenvalue weighted by Crippen LogP contribution is -2.52. The van der Waals surface area contributed by atoms with Gasteiger partial charge in [0.05, 0.1) is 13.2 Å². The van der Waals surface area contributed by atoms with Crippen molar-refractivity contribution in [3.05, 3.63) is 0 Å². The van der Waals surface area contributed by atoms with Crippen LogP contribution in [0.4, 0.5) is 0 Å². The van der Waals surface area contributed by atoms with Crippen molar-refractivity contribution in [3.8, 4) is 0 Å². The predicted molar refractivity (Wildman–Crippen MR) is 64.5 cm³/mol. The summed E-state index contributed by atoms with van der Waals surface area (Å²) in [6, 6.07) is 0. The van der Waals surface area contributed by atoms with Gasteiger partial charge in [-0.3, -0.25) is 4.79 Å². The topological polar surface area (TPSA) is 61.5 Å². The molecule has 2 aliphatic rings. The Morgan fingerprint density at radius 3 is 2.71 bits per heavy atom. The molecule has 2 saturated carbocycles. The van der Waals surface area contributed by atoms with E-state index in [2.05, 4.69) is 0 Å². The van der Waals surface area contributed by atoms with Crippen molar-refractivity contribution >= 4 is 5.97 Å². The van der Waals surface area contributed by atoms with E-state index < -0.39 is 5.54 Å². The van der Waals surface area contributed by atoms with E-state index in [0.29, 0.717) is 6.10 Å². The quantitative estimate of drug-likeness (QED) is 0.743. The Kier molecular flexibility index (Phi) is 4.05. The molecule has 2 atom stereocenters. The van der Waals surface area contributed by atoms with Crippen LogP contribution in [-0.4, -0.2) is 31.3 Å². The first-order valence-electron chi connectivity index (χ1n) is 6.65. The van der Waals surface area contributed by atoms with Crippen LogP contribution in [0.5, 0.6) is 0 Å². The van der Waals surface area contributed by atoms with Crippen molar-refractivity contribution in [2.45, 2.75) is 56.6 Å². The number of carbonyl (C=O) groups excluding carboxylic acids is 1. The lowest BCUT2D eigenvalue weighted by Gasteiger charge is -2.30. The van der Waals surface area contributed by atoms with Gasteiger partial charge in [-0.05, 0) is 44.4 Å². The SMILES string of the molecule is COC(=O)C1(N)CCCC1CCOC1CCC1. The van der Waals surface area contributed by atoms with Crippen LogP contribution in [0.25, 0.3) is 0 Å². The monoisotopic (exact) mass is 241 g/mol. The number of rotatable bonds is 5. The highest BCUT2D eigenvalue weighted by atomic mass is 16.5. The van der Waals surface area contributed by atoms with E-state index in [-0.39, 0.29) is 11.9 Å². The molecule has 98 valence electrons. The van der Waals surface area contributed by atoms with Gasteiger partial charge in [0.2, 0.25) is 0 Å². The number of carbonyl (C=O) groups is 1. The summed E-state index contributed by atoms with van der Waals surface area (Å²) in [4.78, 5) is 11.7. The molecule has 0 bridgehead atoms. The minimum Gasteiger partial charge on any atom is -0.468 e. The molecule has 17 heavy (non-hydrogen) atoms. The summed E-state index contributed by atoms with van der Waals surface area (Å²) in [6.07, 6.45) is 7.78.